The molecule has 0 aliphatic rings. The highest BCUT2D eigenvalue weighted by molar-refractivity contribution is 7.98. The van der Waals surface area contributed by atoms with E-state index in [1.165, 1.54) is 49.9 Å². The molecule has 23 N–H and O–H groups in total. The first-order valence-electron chi connectivity index (χ1n) is 29.0. The van der Waals surface area contributed by atoms with Crippen molar-refractivity contribution in [2.75, 3.05) is 24.0 Å². The molecule has 1 rings (SSSR count). The van der Waals surface area contributed by atoms with Crippen LogP contribution in [0.25, 0.3) is 0 Å². The van der Waals surface area contributed by atoms with Crippen molar-refractivity contribution in [3.8, 4) is 0 Å². The van der Waals surface area contributed by atoms with Crippen LogP contribution in [0.3, 0.4) is 0 Å². The minimum absolute atomic E-state index is 0.105. The van der Waals surface area contributed by atoms with Gasteiger partial charge < -0.3 is 102 Å². The third-order valence-electron chi connectivity index (χ3n) is 13.4. The van der Waals surface area contributed by atoms with Gasteiger partial charge >= 0.3 is 17.9 Å². The van der Waals surface area contributed by atoms with Gasteiger partial charge in [-0.2, -0.15) is 23.5 Å². The van der Waals surface area contributed by atoms with E-state index in [9.17, 15) is 92.0 Å². The lowest BCUT2D eigenvalue weighted by Crippen LogP contribution is -2.62. The van der Waals surface area contributed by atoms with Gasteiger partial charge in [-0.1, -0.05) is 27.7 Å². The van der Waals surface area contributed by atoms with E-state index >= 15 is 0 Å². The molecule has 0 saturated carbocycles. The summed E-state index contributed by atoms with van der Waals surface area (Å²) in [5.74, 6) is -19.0. The molecular formula is C54H88N16O20S2. The fraction of sp³-hybridized carbons (Fsp3) is 0.648. The number of aromatic nitrogens is 2. The fourth-order valence-electron chi connectivity index (χ4n) is 8.45. The highest BCUT2D eigenvalue weighted by Gasteiger charge is 2.38. The highest BCUT2D eigenvalue weighted by Crippen LogP contribution is 2.13. The van der Waals surface area contributed by atoms with Crippen molar-refractivity contribution in [2.45, 2.75) is 184 Å². The minimum Gasteiger partial charge on any atom is -0.481 e. The largest absolute Gasteiger partial charge is 0.481 e. The summed E-state index contributed by atoms with van der Waals surface area (Å²) in [5, 5.41) is 63.1. The number of carboxylic acids is 3. The van der Waals surface area contributed by atoms with Crippen molar-refractivity contribution >= 4 is 118 Å². The van der Waals surface area contributed by atoms with Gasteiger partial charge in [-0.25, -0.2) is 9.78 Å². The number of hydrogen-bond acceptors (Lipinski definition) is 21. The molecule has 0 unspecified atom stereocenters. The lowest BCUT2D eigenvalue weighted by Gasteiger charge is -2.29. The number of nitrogens with one attached hydrogen (secondary N) is 11. The molecule has 1 heterocycles. The highest BCUT2D eigenvalue weighted by atomic mass is 32.2. The Morgan fingerprint density at radius 3 is 1.25 bits per heavy atom. The monoisotopic (exact) mass is 1340 g/mol. The zero-order valence-electron chi connectivity index (χ0n) is 52.0. The standard InChI is InChI=1S/C54H88N16O20S2/c1-24(2)18-33(49(84)66-35(20-40(75)76)51(86)69-42(25(3)4)52(87)64-32(15-17-92-7)46(81)62-29(9-12-38(57)73)45(80)68-36(54(89)90)21-41(77)78)65-47(82)31(14-16-91-6)63-50(85)34(19-27-22-59-23-60-27)67-53(88)43(26(5)71)70-48(83)30(10-13-39(58)74)61-44(79)28(55)8-11-37(56)72/h22-26,28-36,42-43,71H,8-21,55H2,1-7H3,(H2,56,72)(H2,57,73)(H2,58,74)(H,59,60)(H,61,79)(H,62,81)(H,63,85)(H,64,87)(H,65,82)(H,66,84)(H,67,88)(H,68,80)(H,69,86)(H,70,83)(H,75,76)(H,77,78)(H,89,90)/t26-,28+,29+,30+,31+,32+,33+,34+,35+,36+,42+,43+/m1/s1. The maximum atomic E-state index is 14.3. The number of H-pyrrole nitrogens is 1. The average molecular weight is 1350 g/mol. The number of aliphatic hydroxyl groups is 1. The van der Waals surface area contributed by atoms with Crippen molar-refractivity contribution in [3.63, 3.8) is 0 Å². The Bertz CT molecular complexity index is 2740. The Hall–Kier alpha value is -8.65. The Morgan fingerprint density at radius 1 is 0.467 bits per heavy atom. The Balaban J connectivity index is 3.57. The van der Waals surface area contributed by atoms with Crippen LogP contribution in [0, 0.1) is 11.8 Å². The van der Waals surface area contributed by atoms with Gasteiger partial charge in [-0.3, -0.25) is 71.9 Å². The maximum absolute atomic E-state index is 14.3. The van der Waals surface area contributed by atoms with Crippen molar-refractivity contribution in [3.05, 3.63) is 18.2 Å². The van der Waals surface area contributed by atoms with Crippen LogP contribution in [0.2, 0.25) is 0 Å². The first-order chi connectivity index (χ1) is 43.0. The number of amides is 13. The number of aliphatic hydroxyl groups excluding tert-OH is 1. The number of nitrogens with zero attached hydrogens (tertiary/aromatic N) is 1. The summed E-state index contributed by atoms with van der Waals surface area (Å²) >= 11 is 2.49. The number of carbonyl (C=O) groups is 16. The first kappa shape index (κ1) is 81.4. The molecule has 1 aromatic heterocycles. The Morgan fingerprint density at radius 2 is 0.826 bits per heavy atom. The SMILES string of the molecule is CSCC[C@H](NC(=O)[C@H](Cc1cnc[nH]1)NC(=O)[C@@H](NC(=O)[C@H](CCC(N)=O)NC(=O)[C@@H](N)CCC(N)=O)[C@@H](C)O)C(=O)N[C@@H](CC(C)C)C(=O)N[C@@H](CC(=O)O)C(=O)N[C@H](C(=O)N[C@@H](CCSC)C(=O)N[C@@H](CCC(N)=O)C(=O)N[C@@H](CC(=O)O)C(=O)O)C(C)C. The number of imidazole rings is 1. The van der Waals surface area contributed by atoms with Crippen LogP contribution in [0.1, 0.15) is 111 Å². The molecule has 516 valence electrons. The summed E-state index contributed by atoms with van der Waals surface area (Å²) in [4.78, 5) is 215. The van der Waals surface area contributed by atoms with Gasteiger partial charge in [-0.15, -0.1) is 0 Å². The Labute approximate surface area is 537 Å². The molecule has 12 atom stereocenters. The molecule has 0 aliphatic carbocycles. The summed E-state index contributed by atoms with van der Waals surface area (Å²) < 4.78 is 0. The van der Waals surface area contributed by atoms with Crippen molar-refractivity contribution in [1.82, 2.24) is 63.1 Å². The number of aliphatic carboxylic acids is 3. The molecule has 0 spiro atoms. The molecule has 36 nitrogen and oxygen atoms in total. The smallest absolute Gasteiger partial charge is 0.326 e. The van der Waals surface area contributed by atoms with Gasteiger partial charge in [-0.05, 0) is 81.3 Å². The molecule has 0 aromatic carbocycles. The number of thioether (sulfide) groups is 2. The van der Waals surface area contributed by atoms with Crippen molar-refractivity contribution < 1.29 is 97.1 Å². The molecule has 0 bridgehead atoms. The summed E-state index contributed by atoms with van der Waals surface area (Å²) in [6.45, 7) is 7.40. The lowest BCUT2D eigenvalue weighted by molar-refractivity contribution is -0.147. The fourth-order valence-corrected chi connectivity index (χ4v) is 9.39. The van der Waals surface area contributed by atoms with Crippen LogP contribution in [-0.2, 0) is 83.1 Å². The van der Waals surface area contributed by atoms with E-state index < -0.39 is 212 Å². The average Bonchev–Trinajstić information content (AvgIpc) is 1.05. The number of primary amides is 3. The number of hydrogen-bond donors (Lipinski definition) is 19. The van der Waals surface area contributed by atoms with Gasteiger partial charge in [0.2, 0.25) is 76.8 Å². The van der Waals surface area contributed by atoms with E-state index in [0.29, 0.717) is 0 Å². The van der Waals surface area contributed by atoms with Crippen LogP contribution < -0.4 is 76.1 Å². The van der Waals surface area contributed by atoms with E-state index in [2.05, 4.69) is 57.8 Å². The summed E-state index contributed by atoms with van der Waals surface area (Å²) in [5.41, 5.74) is 21.8. The van der Waals surface area contributed by atoms with E-state index in [4.69, 9.17) is 28.0 Å². The molecule has 0 radical (unpaired) electrons. The van der Waals surface area contributed by atoms with E-state index in [1.807, 2.05) is 5.32 Å². The van der Waals surface area contributed by atoms with E-state index in [-0.39, 0.29) is 61.6 Å². The minimum atomic E-state index is -1.95. The van der Waals surface area contributed by atoms with Gasteiger partial charge in [0.05, 0.1) is 31.3 Å². The van der Waals surface area contributed by atoms with Gasteiger partial charge in [0, 0.05) is 37.6 Å². The zero-order chi connectivity index (χ0) is 70.1. The summed E-state index contributed by atoms with van der Waals surface area (Å²) in [6.07, 6.45) is -0.965. The molecule has 38 heteroatoms. The number of nitrogens with two attached hydrogens (primary N) is 4. The molecule has 0 saturated heterocycles. The number of aromatic amines is 1. The predicted octanol–water partition coefficient (Wildman–Crippen LogP) is -6.45. The zero-order valence-corrected chi connectivity index (χ0v) is 53.7. The molecule has 0 fully saturated rings. The predicted molar refractivity (Wildman–Crippen MR) is 329 cm³/mol. The lowest BCUT2D eigenvalue weighted by atomic mass is 10.00. The number of carbonyl (C=O) groups excluding carboxylic acids is 13. The number of rotatable bonds is 46. The number of carboxylic acid groups (broad SMARTS) is 3. The molecular weight excluding hydrogens is 1260 g/mol. The third kappa shape index (κ3) is 31.4. The second kappa shape index (κ2) is 41.7. The maximum Gasteiger partial charge on any atom is 0.326 e. The van der Waals surface area contributed by atoms with Gasteiger partial charge in [0.1, 0.15) is 60.4 Å². The van der Waals surface area contributed by atoms with Crippen molar-refractivity contribution in [1.29, 1.82) is 0 Å². The molecule has 13 amide bonds. The van der Waals surface area contributed by atoms with E-state index in [0.717, 1.165) is 6.92 Å². The quantitative estimate of drug-likeness (QED) is 0.0289. The van der Waals surface area contributed by atoms with Crippen LogP contribution in [0.5, 0.6) is 0 Å². The van der Waals surface area contributed by atoms with E-state index in [1.54, 1.807) is 26.4 Å². The van der Waals surface area contributed by atoms with Crippen LogP contribution in [-0.4, -0.2) is 222 Å². The molecule has 0 aliphatic heterocycles. The van der Waals surface area contributed by atoms with Gasteiger partial charge in [0.25, 0.3) is 0 Å². The molecule has 92 heavy (non-hydrogen) atoms. The van der Waals surface area contributed by atoms with Crippen molar-refractivity contribution in [2.24, 2.45) is 34.8 Å². The van der Waals surface area contributed by atoms with Crippen LogP contribution >= 0.6 is 23.5 Å². The van der Waals surface area contributed by atoms with Crippen LogP contribution in [0.15, 0.2) is 12.5 Å². The summed E-state index contributed by atoms with van der Waals surface area (Å²) in [6, 6.07) is -18.0. The van der Waals surface area contributed by atoms with Crippen LogP contribution in [0.4, 0.5) is 0 Å². The second-order valence-corrected chi connectivity index (χ2v) is 24.0. The normalized spacial score (nSPS) is 15.0. The third-order valence-corrected chi connectivity index (χ3v) is 14.7. The topological polar surface area (TPSA) is 607 Å². The summed E-state index contributed by atoms with van der Waals surface area (Å²) in [7, 11) is 0. The molecule has 1 aromatic rings. The Kier molecular flexibility index (Phi) is 36.9. The first-order valence-corrected chi connectivity index (χ1v) is 31.7. The second-order valence-electron chi connectivity index (χ2n) is 22.1. The van der Waals surface area contributed by atoms with Gasteiger partial charge in [0.15, 0.2) is 0 Å².